The molecule has 176 valence electrons. The lowest BCUT2D eigenvalue weighted by atomic mass is 9.96. The number of hydrogen-bond donors (Lipinski definition) is 0. The number of aromatic nitrogens is 1. The van der Waals surface area contributed by atoms with Gasteiger partial charge in [0.2, 0.25) is 15.9 Å². The fourth-order valence-electron chi connectivity index (χ4n) is 4.62. The van der Waals surface area contributed by atoms with Crippen molar-refractivity contribution in [1.29, 1.82) is 0 Å². The monoisotopic (exact) mass is 471 g/mol. The Morgan fingerprint density at radius 1 is 1.03 bits per heavy atom. The van der Waals surface area contributed by atoms with Gasteiger partial charge in [-0.2, -0.15) is 4.31 Å². The molecule has 2 aliphatic rings. The lowest BCUT2D eigenvalue weighted by Gasteiger charge is -2.34. The summed E-state index contributed by atoms with van der Waals surface area (Å²) in [5.41, 5.74) is 1.22. The first-order chi connectivity index (χ1) is 15.9. The van der Waals surface area contributed by atoms with Crippen LogP contribution in [0.2, 0.25) is 0 Å². The Morgan fingerprint density at radius 3 is 2.39 bits per heavy atom. The number of sulfonamides is 1. The largest absolute Gasteiger partial charge is 0.462 e. The summed E-state index contributed by atoms with van der Waals surface area (Å²) in [5, 5.41) is 0. The molecule has 8 nitrogen and oxygen atoms in total. The van der Waals surface area contributed by atoms with E-state index in [1.807, 2.05) is 23.1 Å². The van der Waals surface area contributed by atoms with Crippen LogP contribution in [0.3, 0.4) is 0 Å². The van der Waals surface area contributed by atoms with Gasteiger partial charge in [-0.05, 0) is 69.0 Å². The molecule has 0 aliphatic carbocycles. The molecule has 0 saturated carbocycles. The van der Waals surface area contributed by atoms with E-state index in [0.717, 1.165) is 18.5 Å². The molecule has 1 amide bonds. The minimum Gasteiger partial charge on any atom is -0.462 e. The van der Waals surface area contributed by atoms with Crippen molar-refractivity contribution in [2.24, 2.45) is 5.92 Å². The van der Waals surface area contributed by atoms with Crippen LogP contribution in [0, 0.1) is 5.92 Å². The number of carbonyl (C=O) groups excluding carboxylic acids is 2. The summed E-state index contributed by atoms with van der Waals surface area (Å²) in [4.78, 5) is 31.5. The number of benzene rings is 1. The highest BCUT2D eigenvalue weighted by Gasteiger charge is 2.38. The van der Waals surface area contributed by atoms with Gasteiger partial charge in [-0.3, -0.25) is 9.78 Å². The second-order valence-corrected chi connectivity index (χ2v) is 10.3. The van der Waals surface area contributed by atoms with Gasteiger partial charge in [-0.15, -0.1) is 0 Å². The van der Waals surface area contributed by atoms with Gasteiger partial charge < -0.3 is 9.64 Å². The van der Waals surface area contributed by atoms with Crippen molar-refractivity contribution < 1.29 is 22.7 Å². The molecule has 9 heteroatoms. The van der Waals surface area contributed by atoms with Gasteiger partial charge in [0.25, 0.3) is 0 Å². The third-order valence-electron chi connectivity index (χ3n) is 6.37. The van der Waals surface area contributed by atoms with Crippen LogP contribution < -0.4 is 0 Å². The molecule has 1 atom stereocenters. The number of amides is 1. The van der Waals surface area contributed by atoms with E-state index in [2.05, 4.69) is 4.98 Å². The number of rotatable bonds is 6. The zero-order valence-electron chi connectivity index (χ0n) is 18.7. The molecule has 0 radical (unpaired) electrons. The topological polar surface area (TPSA) is 96.9 Å². The summed E-state index contributed by atoms with van der Waals surface area (Å²) >= 11 is 0. The van der Waals surface area contributed by atoms with Crippen LogP contribution >= 0.6 is 0 Å². The van der Waals surface area contributed by atoms with Crippen molar-refractivity contribution in [2.75, 3.05) is 26.2 Å². The van der Waals surface area contributed by atoms with Crippen molar-refractivity contribution in [3.63, 3.8) is 0 Å². The number of piperidine rings is 1. The quantitative estimate of drug-likeness (QED) is 0.601. The molecule has 4 rings (SSSR count). The predicted octanol–water partition coefficient (Wildman–Crippen LogP) is 3.02. The first-order valence-corrected chi connectivity index (χ1v) is 12.8. The molecule has 2 aliphatic heterocycles. The van der Waals surface area contributed by atoms with Crippen LogP contribution in [0.15, 0.2) is 53.6 Å². The van der Waals surface area contributed by atoms with Crippen LogP contribution in [0.5, 0.6) is 0 Å². The molecule has 33 heavy (non-hydrogen) atoms. The normalized spacial score (nSPS) is 20.0. The average molecular weight is 472 g/mol. The van der Waals surface area contributed by atoms with E-state index in [4.69, 9.17) is 4.74 Å². The minimum atomic E-state index is -3.69. The van der Waals surface area contributed by atoms with E-state index in [1.54, 1.807) is 13.1 Å². The fourth-order valence-corrected chi connectivity index (χ4v) is 6.08. The van der Waals surface area contributed by atoms with E-state index in [0.29, 0.717) is 38.0 Å². The molecule has 1 unspecified atom stereocenters. The molecule has 0 bridgehead atoms. The smallest absolute Gasteiger partial charge is 0.338 e. The SMILES string of the molecule is CCOC(=O)c1ccc(S(=O)(=O)N2CCC(C(=O)N3CCCC3c3ccccn3)CC2)cc1. The minimum absolute atomic E-state index is 0.00150. The number of carbonyl (C=O) groups is 2. The highest BCUT2D eigenvalue weighted by Crippen LogP contribution is 2.34. The Morgan fingerprint density at radius 2 is 1.76 bits per heavy atom. The molecule has 0 N–H and O–H groups in total. The summed E-state index contributed by atoms with van der Waals surface area (Å²) in [7, 11) is -3.69. The Kier molecular flexibility index (Phi) is 7.09. The van der Waals surface area contributed by atoms with Gasteiger partial charge in [0.05, 0.1) is 28.8 Å². The van der Waals surface area contributed by atoms with Crippen molar-refractivity contribution in [3.05, 3.63) is 59.9 Å². The third-order valence-corrected chi connectivity index (χ3v) is 8.28. The number of ether oxygens (including phenoxy) is 1. The van der Waals surface area contributed by atoms with Crippen LogP contribution in [-0.4, -0.2) is 60.7 Å². The predicted molar refractivity (Wildman–Crippen MR) is 122 cm³/mol. The summed E-state index contributed by atoms with van der Waals surface area (Å²) in [6.07, 6.45) is 4.58. The Labute approximate surface area is 194 Å². The van der Waals surface area contributed by atoms with Gasteiger partial charge >= 0.3 is 5.97 Å². The highest BCUT2D eigenvalue weighted by atomic mass is 32.2. The summed E-state index contributed by atoms with van der Waals surface area (Å²) in [6.45, 7) is 3.27. The number of pyridine rings is 1. The number of nitrogens with zero attached hydrogens (tertiary/aromatic N) is 3. The van der Waals surface area contributed by atoms with Crippen molar-refractivity contribution in [2.45, 2.75) is 43.5 Å². The van der Waals surface area contributed by atoms with Crippen LogP contribution in [-0.2, 0) is 19.6 Å². The van der Waals surface area contributed by atoms with Gasteiger partial charge in [0, 0.05) is 31.7 Å². The van der Waals surface area contributed by atoms with E-state index in [-0.39, 0.29) is 29.4 Å². The molecule has 2 aromatic rings. The van der Waals surface area contributed by atoms with Gasteiger partial charge in [0.1, 0.15) is 0 Å². The molecule has 2 fully saturated rings. The summed E-state index contributed by atoms with van der Waals surface area (Å²) in [6, 6.07) is 11.5. The lowest BCUT2D eigenvalue weighted by molar-refractivity contribution is -0.137. The maximum Gasteiger partial charge on any atom is 0.338 e. The van der Waals surface area contributed by atoms with Crippen molar-refractivity contribution in [1.82, 2.24) is 14.2 Å². The third kappa shape index (κ3) is 4.94. The van der Waals surface area contributed by atoms with E-state index in [1.165, 1.54) is 28.6 Å². The van der Waals surface area contributed by atoms with Crippen LogP contribution in [0.4, 0.5) is 0 Å². The second kappa shape index (κ2) is 10.0. The molecule has 3 heterocycles. The highest BCUT2D eigenvalue weighted by molar-refractivity contribution is 7.89. The summed E-state index contributed by atoms with van der Waals surface area (Å²) in [5.74, 6) is -0.572. The number of likely N-dealkylation sites (tertiary alicyclic amines) is 1. The standard InChI is InChI=1S/C24H29N3O5S/c1-2-32-24(29)19-8-10-20(11-9-19)33(30,31)26-16-12-18(13-17-26)23(28)27-15-5-7-22(27)21-6-3-4-14-25-21/h3-4,6,8-11,14,18,22H,2,5,7,12-13,15-17H2,1H3. The average Bonchev–Trinajstić information content (AvgIpc) is 3.34. The van der Waals surface area contributed by atoms with Crippen molar-refractivity contribution in [3.8, 4) is 0 Å². The van der Waals surface area contributed by atoms with Gasteiger partial charge in [0.15, 0.2) is 0 Å². The molecule has 1 aromatic carbocycles. The molecular weight excluding hydrogens is 442 g/mol. The Bertz CT molecular complexity index is 1080. The van der Waals surface area contributed by atoms with Gasteiger partial charge in [-0.1, -0.05) is 6.07 Å². The first-order valence-electron chi connectivity index (χ1n) is 11.4. The maximum atomic E-state index is 13.3. The number of esters is 1. The fraction of sp³-hybridized carbons (Fsp3) is 0.458. The molecular formula is C24H29N3O5S. The van der Waals surface area contributed by atoms with Crippen LogP contribution in [0.25, 0.3) is 0 Å². The second-order valence-electron chi connectivity index (χ2n) is 8.37. The number of hydrogen-bond acceptors (Lipinski definition) is 6. The Balaban J connectivity index is 1.39. The van der Waals surface area contributed by atoms with E-state index >= 15 is 0 Å². The maximum absolute atomic E-state index is 13.3. The zero-order valence-corrected chi connectivity index (χ0v) is 19.5. The van der Waals surface area contributed by atoms with E-state index in [9.17, 15) is 18.0 Å². The first kappa shape index (κ1) is 23.4. The van der Waals surface area contributed by atoms with Gasteiger partial charge in [-0.25, -0.2) is 13.2 Å². The van der Waals surface area contributed by atoms with E-state index < -0.39 is 16.0 Å². The Hall–Kier alpha value is -2.78. The van der Waals surface area contributed by atoms with Crippen LogP contribution in [0.1, 0.15) is 54.7 Å². The summed E-state index contributed by atoms with van der Waals surface area (Å²) < 4.78 is 32.5. The molecule has 2 saturated heterocycles. The van der Waals surface area contributed by atoms with Crippen molar-refractivity contribution >= 4 is 21.9 Å². The molecule has 0 spiro atoms. The molecule has 1 aromatic heterocycles. The zero-order chi connectivity index (χ0) is 23.4. The lowest BCUT2D eigenvalue weighted by Crippen LogP contribution is -2.44.